The highest BCUT2D eigenvalue weighted by Gasteiger charge is 2.11. The maximum atomic E-state index is 12.1. The second-order valence-electron chi connectivity index (χ2n) is 3.92. The highest BCUT2D eigenvalue weighted by atomic mass is 32.1. The number of hydrogen-bond donors (Lipinski definition) is 0. The Morgan fingerprint density at radius 3 is 2.82 bits per heavy atom. The number of ketones is 1. The summed E-state index contributed by atoms with van der Waals surface area (Å²) in [6.07, 6.45) is 3.25. The van der Waals surface area contributed by atoms with Crippen LogP contribution in [-0.2, 0) is 0 Å². The highest BCUT2D eigenvalue weighted by molar-refractivity contribution is 7.08. The normalized spacial score (nSPS) is 10.5. The molecule has 0 unspecified atom stereocenters. The van der Waals surface area contributed by atoms with Gasteiger partial charge in [-0.15, -0.1) is 0 Å². The molecule has 0 saturated heterocycles. The summed E-state index contributed by atoms with van der Waals surface area (Å²) >= 11 is 1.50. The van der Waals surface area contributed by atoms with Crippen molar-refractivity contribution in [1.29, 1.82) is 0 Å². The molecule has 88 valence electrons. The summed E-state index contributed by atoms with van der Waals surface area (Å²) in [6.45, 7) is 3.88. The molecular weight excluding hydrogens is 234 g/mol. The zero-order valence-electron chi connectivity index (χ0n) is 9.71. The molecule has 0 aromatic carbocycles. The van der Waals surface area contributed by atoms with E-state index in [2.05, 4.69) is 4.98 Å². The molecule has 2 aromatic rings. The fourth-order valence-electron chi connectivity index (χ4n) is 1.44. The van der Waals surface area contributed by atoms with Crippen molar-refractivity contribution < 1.29 is 9.53 Å². The molecule has 3 nitrogen and oxygen atoms in total. The lowest BCUT2D eigenvalue weighted by Gasteiger charge is -2.09. The summed E-state index contributed by atoms with van der Waals surface area (Å²) in [5, 5.41) is 3.72. The molecule has 0 N–H and O–H groups in total. The predicted molar refractivity (Wildman–Crippen MR) is 67.8 cm³/mol. The Bertz CT molecular complexity index is 506. The van der Waals surface area contributed by atoms with Gasteiger partial charge in [-0.05, 0) is 31.4 Å². The van der Waals surface area contributed by atoms with Crippen LogP contribution in [-0.4, -0.2) is 16.9 Å². The minimum atomic E-state index is -0.0204. The molecule has 4 heteroatoms. The van der Waals surface area contributed by atoms with Gasteiger partial charge in [0.2, 0.25) is 0 Å². The van der Waals surface area contributed by atoms with Crippen LogP contribution in [0, 0.1) is 0 Å². The summed E-state index contributed by atoms with van der Waals surface area (Å²) in [5.74, 6) is 0.606. The third kappa shape index (κ3) is 2.91. The number of hydrogen-bond acceptors (Lipinski definition) is 4. The topological polar surface area (TPSA) is 39.2 Å². The first-order valence-electron chi connectivity index (χ1n) is 5.35. The molecule has 17 heavy (non-hydrogen) atoms. The van der Waals surface area contributed by atoms with Crippen LogP contribution in [0.15, 0.2) is 35.3 Å². The third-order valence-corrected chi connectivity index (χ3v) is 2.81. The van der Waals surface area contributed by atoms with Crippen LogP contribution in [0.5, 0.6) is 5.75 Å². The largest absolute Gasteiger partial charge is 0.489 e. The predicted octanol–water partition coefficient (Wildman–Crippen LogP) is 3.16. The van der Waals surface area contributed by atoms with Crippen molar-refractivity contribution in [3.05, 3.63) is 46.4 Å². The van der Waals surface area contributed by atoms with Gasteiger partial charge in [-0.25, -0.2) is 0 Å². The fourth-order valence-corrected chi connectivity index (χ4v) is 2.08. The number of rotatable bonds is 4. The van der Waals surface area contributed by atoms with E-state index >= 15 is 0 Å². The molecule has 0 amide bonds. The van der Waals surface area contributed by atoms with E-state index in [-0.39, 0.29) is 11.9 Å². The number of carbonyl (C=O) groups excluding carboxylic acids is 1. The van der Waals surface area contributed by atoms with Crippen LogP contribution in [0.4, 0.5) is 0 Å². The van der Waals surface area contributed by atoms with E-state index in [9.17, 15) is 4.79 Å². The van der Waals surface area contributed by atoms with Gasteiger partial charge in [0.1, 0.15) is 5.75 Å². The number of carbonyl (C=O) groups is 1. The maximum Gasteiger partial charge on any atom is 0.195 e. The zero-order chi connectivity index (χ0) is 12.3. The molecule has 2 aromatic heterocycles. The Morgan fingerprint density at radius 2 is 2.18 bits per heavy atom. The molecule has 2 heterocycles. The summed E-state index contributed by atoms with van der Waals surface area (Å²) in [6, 6.07) is 3.54. The Balaban J connectivity index is 2.24. The van der Waals surface area contributed by atoms with Gasteiger partial charge in [0.25, 0.3) is 0 Å². The molecular formula is C13H13NO2S. The van der Waals surface area contributed by atoms with Crippen LogP contribution < -0.4 is 4.74 Å². The molecule has 2 rings (SSSR count). The molecule has 0 fully saturated rings. The standard InChI is InChI=1S/C13H13NO2S/c1-9(2)16-12-5-11(6-14-7-12)13(15)10-3-4-17-8-10/h3-9H,1-2H3. The molecule has 0 radical (unpaired) electrons. The first-order valence-corrected chi connectivity index (χ1v) is 6.29. The lowest BCUT2D eigenvalue weighted by Crippen LogP contribution is -2.07. The Hall–Kier alpha value is -1.68. The lowest BCUT2D eigenvalue weighted by atomic mass is 10.1. The van der Waals surface area contributed by atoms with Gasteiger partial charge < -0.3 is 4.74 Å². The smallest absolute Gasteiger partial charge is 0.195 e. The van der Waals surface area contributed by atoms with Gasteiger partial charge in [0.15, 0.2) is 5.78 Å². The Morgan fingerprint density at radius 1 is 1.35 bits per heavy atom. The lowest BCUT2D eigenvalue weighted by molar-refractivity contribution is 0.103. The summed E-state index contributed by atoms with van der Waals surface area (Å²) in [7, 11) is 0. The van der Waals surface area contributed by atoms with Crippen molar-refractivity contribution >= 4 is 17.1 Å². The van der Waals surface area contributed by atoms with E-state index in [4.69, 9.17) is 4.74 Å². The molecule has 0 aliphatic carbocycles. The van der Waals surface area contributed by atoms with Crippen LogP contribution in [0.2, 0.25) is 0 Å². The fraction of sp³-hybridized carbons (Fsp3) is 0.231. The molecule has 0 aliphatic rings. The Labute approximate surface area is 104 Å². The van der Waals surface area contributed by atoms with E-state index in [1.165, 1.54) is 11.3 Å². The highest BCUT2D eigenvalue weighted by Crippen LogP contribution is 2.17. The number of ether oxygens (including phenoxy) is 1. The van der Waals surface area contributed by atoms with E-state index in [0.29, 0.717) is 16.9 Å². The van der Waals surface area contributed by atoms with E-state index < -0.39 is 0 Å². The quantitative estimate of drug-likeness (QED) is 0.779. The average molecular weight is 247 g/mol. The molecule has 0 bridgehead atoms. The van der Waals surface area contributed by atoms with Crippen molar-refractivity contribution in [2.45, 2.75) is 20.0 Å². The van der Waals surface area contributed by atoms with Crippen molar-refractivity contribution in [3.63, 3.8) is 0 Å². The van der Waals surface area contributed by atoms with Crippen LogP contribution in [0.1, 0.15) is 29.8 Å². The minimum Gasteiger partial charge on any atom is -0.489 e. The minimum absolute atomic E-state index is 0.0204. The van der Waals surface area contributed by atoms with Crippen LogP contribution in [0.25, 0.3) is 0 Å². The van der Waals surface area contributed by atoms with Crippen molar-refractivity contribution in [2.75, 3.05) is 0 Å². The van der Waals surface area contributed by atoms with Crippen LogP contribution >= 0.6 is 11.3 Å². The monoisotopic (exact) mass is 247 g/mol. The van der Waals surface area contributed by atoms with Gasteiger partial charge >= 0.3 is 0 Å². The Kier molecular flexibility index (Phi) is 3.54. The average Bonchev–Trinajstić information content (AvgIpc) is 2.81. The molecule has 0 saturated carbocycles. The second kappa shape index (κ2) is 5.10. The third-order valence-electron chi connectivity index (χ3n) is 2.13. The zero-order valence-corrected chi connectivity index (χ0v) is 10.5. The van der Waals surface area contributed by atoms with Crippen molar-refractivity contribution in [2.24, 2.45) is 0 Å². The summed E-state index contributed by atoms with van der Waals surface area (Å²) < 4.78 is 5.51. The van der Waals surface area contributed by atoms with Gasteiger partial charge in [-0.2, -0.15) is 11.3 Å². The molecule has 0 atom stereocenters. The van der Waals surface area contributed by atoms with E-state index in [1.54, 1.807) is 18.5 Å². The number of aromatic nitrogens is 1. The molecule has 0 spiro atoms. The first-order chi connectivity index (χ1) is 8.16. The van der Waals surface area contributed by atoms with Crippen LogP contribution in [0.3, 0.4) is 0 Å². The van der Waals surface area contributed by atoms with E-state index in [1.807, 2.05) is 30.7 Å². The van der Waals surface area contributed by atoms with Gasteiger partial charge in [-0.3, -0.25) is 9.78 Å². The summed E-state index contributed by atoms with van der Waals surface area (Å²) in [5.41, 5.74) is 1.25. The van der Waals surface area contributed by atoms with Crippen molar-refractivity contribution in [3.8, 4) is 5.75 Å². The first kappa shape index (κ1) is 11.8. The van der Waals surface area contributed by atoms with Gasteiger partial charge in [0, 0.05) is 22.7 Å². The van der Waals surface area contributed by atoms with E-state index in [0.717, 1.165) is 0 Å². The second-order valence-corrected chi connectivity index (χ2v) is 4.70. The van der Waals surface area contributed by atoms with Gasteiger partial charge in [0.05, 0.1) is 12.3 Å². The SMILES string of the molecule is CC(C)Oc1cncc(C(=O)c2ccsc2)c1. The van der Waals surface area contributed by atoms with Gasteiger partial charge in [-0.1, -0.05) is 0 Å². The number of nitrogens with zero attached hydrogens (tertiary/aromatic N) is 1. The van der Waals surface area contributed by atoms with Crippen molar-refractivity contribution in [1.82, 2.24) is 4.98 Å². The summed E-state index contributed by atoms with van der Waals surface area (Å²) in [4.78, 5) is 16.1. The number of thiophene rings is 1. The number of pyridine rings is 1. The maximum absolute atomic E-state index is 12.1. The molecule has 0 aliphatic heterocycles.